The number of aryl methyl sites for hydroxylation is 1. The molecule has 0 aromatic heterocycles. The van der Waals surface area contributed by atoms with Crippen molar-refractivity contribution in [2.75, 3.05) is 11.9 Å². The number of hydrogen-bond donors (Lipinski definition) is 1. The minimum atomic E-state index is -0.715. The number of hydrogen-bond acceptors (Lipinski definition) is 5. The summed E-state index contributed by atoms with van der Waals surface area (Å²) >= 11 is 0. The molecule has 0 radical (unpaired) electrons. The van der Waals surface area contributed by atoms with Crippen molar-refractivity contribution in [3.8, 4) is 0 Å². The number of non-ortho nitro benzene ring substituents is 1. The first-order valence-electron chi connectivity index (χ1n) is 8.74. The summed E-state index contributed by atoms with van der Waals surface area (Å²) in [6, 6.07) is 9.14. The number of carbonyl (C=O) groups is 3. The number of amides is 3. The number of fused-ring (bicyclic) bond motifs is 1. The number of imide groups is 1. The topological polar surface area (TPSA) is 110 Å². The summed E-state index contributed by atoms with van der Waals surface area (Å²) in [5.74, 6) is -1.69. The highest BCUT2D eigenvalue weighted by molar-refractivity contribution is 6.23. The first-order valence-corrected chi connectivity index (χ1v) is 8.74. The van der Waals surface area contributed by atoms with Gasteiger partial charge in [0.05, 0.1) is 16.1 Å². The molecule has 8 nitrogen and oxygen atoms in total. The predicted molar refractivity (Wildman–Crippen MR) is 102 cm³/mol. The van der Waals surface area contributed by atoms with Crippen LogP contribution in [-0.4, -0.2) is 34.1 Å². The van der Waals surface area contributed by atoms with E-state index in [2.05, 4.69) is 5.32 Å². The van der Waals surface area contributed by atoms with Crippen LogP contribution in [0.4, 0.5) is 11.4 Å². The quantitative estimate of drug-likeness (QED) is 0.486. The lowest BCUT2D eigenvalue weighted by Crippen LogP contribution is -2.37. The van der Waals surface area contributed by atoms with Gasteiger partial charge in [-0.15, -0.1) is 0 Å². The Hall–Kier alpha value is -3.55. The van der Waals surface area contributed by atoms with Crippen molar-refractivity contribution in [2.24, 2.45) is 0 Å². The zero-order chi connectivity index (χ0) is 20.6. The van der Waals surface area contributed by atoms with Crippen molar-refractivity contribution in [2.45, 2.75) is 26.7 Å². The summed E-state index contributed by atoms with van der Waals surface area (Å²) in [6.45, 7) is 5.40. The number of nitrogens with one attached hydrogen (secondary N) is 1. The van der Waals surface area contributed by atoms with Gasteiger partial charge in [-0.05, 0) is 30.0 Å². The lowest BCUT2D eigenvalue weighted by atomic mass is 9.98. The van der Waals surface area contributed by atoms with Crippen LogP contribution in [0.2, 0.25) is 0 Å². The molecule has 1 heterocycles. The molecule has 0 atom stereocenters. The SMILES string of the molecule is Cc1cccc(C(C)C)c1NC(=O)CN1C(=O)c2ccc([N+](=O)[O-])cc2C1=O. The normalized spacial score (nSPS) is 13.1. The number of carbonyl (C=O) groups excluding carboxylic acids is 3. The van der Waals surface area contributed by atoms with Gasteiger partial charge in [-0.25, -0.2) is 0 Å². The molecule has 1 aliphatic heterocycles. The van der Waals surface area contributed by atoms with Crippen LogP contribution in [0.15, 0.2) is 36.4 Å². The number of nitro groups is 1. The number of anilines is 1. The molecule has 0 unspecified atom stereocenters. The Balaban J connectivity index is 1.82. The van der Waals surface area contributed by atoms with Gasteiger partial charge in [0.15, 0.2) is 0 Å². The highest BCUT2D eigenvalue weighted by atomic mass is 16.6. The van der Waals surface area contributed by atoms with Gasteiger partial charge in [0.1, 0.15) is 6.54 Å². The molecule has 3 rings (SSSR count). The van der Waals surface area contributed by atoms with Crippen molar-refractivity contribution in [1.82, 2.24) is 4.90 Å². The number of nitrogens with zero attached hydrogens (tertiary/aromatic N) is 2. The first kappa shape index (κ1) is 19.2. The molecule has 2 aromatic carbocycles. The van der Waals surface area contributed by atoms with Crippen molar-refractivity contribution in [1.29, 1.82) is 0 Å². The second kappa shape index (κ2) is 7.22. The summed E-state index contributed by atoms with van der Waals surface area (Å²) < 4.78 is 0. The van der Waals surface area contributed by atoms with Gasteiger partial charge in [0, 0.05) is 17.8 Å². The van der Waals surface area contributed by atoms with Crippen LogP contribution in [-0.2, 0) is 4.79 Å². The fourth-order valence-electron chi connectivity index (χ4n) is 3.20. The molecule has 1 aliphatic rings. The summed E-state index contributed by atoms with van der Waals surface area (Å²) in [5, 5.41) is 13.7. The Kier molecular flexibility index (Phi) is 4.96. The lowest BCUT2D eigenvalue weighted by Gasteiger charge is -2.18. The molecule has 8 heteroatoms. The van der Waals surface area contributed by atoms with Crippen LogP contribution in [0.5, 0.6) is 0 Å². The maximum absolute atomic E-state index is 12.5. The standard InChI is InChI=1S/C20H19N3O5/c1-11(2)14-6-4-5-12(3)18(14)21-17(24)10-22-19(25)15-8-7-13(23(27)28)9-16(15)20(22)26/h4-9,11H,10H2,1-3H3,(H,21,24). The molecule has 3 amide bonds. The molecule has 0 saturated carbocycles. The fourth-order valence-corrected chi connectivity index (χ4v) is 3.20. The third-order valence-corrected chi connectivity index (χ3v) is 4.66. The third kappa shape index (κ3) is 3.36. The van der Waals surface area contributed by atoms with Gasteiger partial charge in [-0.3, -0.25) is 29.4 Å². The average Bonchev–Trinajstić information content (AvgIpc) is 2.87. The van der Waals surface area contributed by atoms with Gasteiger partial charge in [0.25, 0.3) is 17.5 Å². The number of benzene rings is 2. The highest BCUT2D eigenvalue weighted by Gasteiger charge is 2.37. The molecular weight excluding hydrogens is 362 g/mol. The molecule has 0 saturated heterocycles. The van der Waals surface area contributed by atoms with E-state index in [1.165, 1.54) is 6.07 Å². The lowest BCUT2D eigenvalue weighted by molar-refractivity contribution is -0.384. The van der Waals surface area contributed by atoms with Crippen molar-refractivity contribution >= 4 is 29.1 Å². The molecule has 0 fully saturated rings. The van der Waals surface area contributed by atoms with Crippen molar-refractivity contribution in [3.05, 3.63) is 68.8 Å². The fraction of sp³-hybridized carbons (Fsp3) is 0.250. The zero-order valence-electron chi connectivity index (χ0n) is 15.7. The molecule has 0 spiro atoms. The van der Waals surface area contributed by atoms with Gasteiger partial charge < -0.3 is 5.32 Å². The molecular formula is C20H19N3O5. The summed E-state index contributed by atoms with van der Waals surface area (Å²) in [7, 11) is 0. The molecule has 28 heavy (non-hydrogen) atoms. The van der Waals surface area contributed by atoms with Crippen molar-refractivity contribution < 1.29 is 19.3 Å². The van der Waals surface area contributed by atoms with E-state index in [1.807, 2.05) is 39.0 Å². The van der Waals surface area contributed by atoms with Gasteiger partial charge in [0.2, 0.25) is 5.91 Å². The van der Waals surface area contributed by atoms with E-state index in [4.69, 9.17) is 0 Å². The summed E-state index contributed by atoms with van der Waals surface area (Å²) in [6.07, 6.45) is 0. The molecule has 2 aromatic rings. The summed E-state index contributed by atoms with van der Waals surface area (Å²) in [5.41, 5.74) is 2.19. The van der Waals surface area contributed by atoms with Gasteiger partial charge in [-0.2, -0.15) is 0 Å². The van der Waals surface area contributed by atoms with Crippen LogP contribution in [0, 0.1) is 17.0 Å². The third-order valence-electron chi connectivity index (χ3n) is 4.66. The van der Waals surface area contributed by atoms with Crippen LogP contribution in [0.25, 0.3) is 0 Å². The minimum absolute atomic E-state index is 0.0576. The van der Waals surface area contributed by atoms with E-state index in [1.54, 1.807) is 0 Å². The molecule has 144 valence electrons. The minimum Gasteiger partial charge on any atom is -0.324 e. The van der Waals surface area contributed by atoms with Gasteiger partial charge >= 0.3 is 0 Å². The highest BCUT2D eigenvalue weighted by Crippen LogP contribution is 2.29. The molecule has 0 aliphatic carbocycles. The summed E-state index contributed by atoms with van der Waals surface area (Å²) in [4.78, 5) is 48.6. The van der Waals surface area contributed by atoms with E-state index in [9.17, 15) is 24.5 Å². The Morgan fingerprint density at radius 1 is 1.14 bits per heavy atom. The van der Waals surface area contributed by atoms with E-state index >= 15 is 0 Å². The largest absolute Gasteiger partial charge is 0.324 e. The number of nitro benzene ring substituents is 1. The zero-order valence-corrected chi connectivity index (χ0v) is 15.7. The van der Waals surface area contributed by atoms with Crippen LogP contribution in [0.3, 0.4) is 0 Å². The Morgan fingerprint density at radius 2 is 1.82 bits per heavy atom. The first-order chi connectivity index (χ1) is 13.2. The van der Waals surface area contributed by atoms with E-state index in [0.717, 1.165) is 28.2 Å². The monoisotopic (exact) mass is 381 g/mol. The van der Waals surface area contributed by atoms with Crippen molar-refractivity contribution in [3.63, 3.8) is 0 Å². The van der Waals surface area contributed by atoms with E-state index in [0.29, 0.717) is 5.69 Å². The van der Waals surface area contributed by atoms with Gasteiger partial charge in [-0.1, -0.05) is 32.0 Å². The van der Waals surface area contributed by atoms with E-state index in [-0.39, 0.29) is 22.7 Å². The Morgan fingerprint density at radius 3 is 2.46 bits per heavy atom. The van der Waals surface area contributed by atoms with Crippen LogP contribution < -0.4 is 5.32 Å². The van der Waals surface area contributed by atoms with Crippen LogP contribution >= 0.6 is 0 Å². The second-order valence-corrected chi connectivity index (χ2v) is 6.93. The smallest absolute Gasteiger partial charge is 0.270 e. The Bertz CT molecular complexity index is 1010. The maximum Gasteiger partial charge on any atom is 0.270 e. The second-order valence-electron chi connectivity index (χ2n) is 6.93. The molecule has 1 N–H and O–H groups in total. The average molecular weight is 381 g/mol. The number of para-hydroxylation sites is 1. The van der Waals surface area contributed by atoms with Crippen LogP contribution in [0.1, 0.15) is 51.6 Å². The predicted octanol–water partition coefficient (Wildman–Crippen LogP) is 3.26. The Labute approximate surface area is 161 Å². The van der Waals surface area contributed by atoms with E-state index < -0.39 is 29.2 Å². The maximum atomic E-state index is 12.5. The molecule has 0 bridgehead atoms. The number of rotatable bonds is 5.